The molecule has 0 aromatic heterocycles. The summed E-state index contributed by atoms with van der Waals surface area (Å²) in [6.07, 6.45) is -6.42. The summed E-state index contributed by atoms with van der Waals surface area (Å²) in [5.41, 5.74) is 1.95. The minimum atomic E-state index is -5.84. The van der Waals surface area contributed by atoms with Gasteiger partial charge in [-0.2, -0.15) is 8.78 Å². The van der Waals surface area contributed by atoms with E-state index in [1.807, 2.05) is 30.3 Å². The summed E-state index contributed by atoms with van der Waals surface area (Å²) in [7, 11) is 0. The first-order chi connectivity index (χ1) is 19.4. The molecule has 0 unspecified atom stereocenters. The fourth-order valence-corrected chi connectivity index (χ4v) is 4.44. The van der Waals surface area contributed by atoms with Gasteiger partial charge in [0, 0.05) is 5.56 Å². The lowest BCUT2D eigenvalue weighted by Gasteiger charge is -2.20. The monoisotopic (exact) mass is 576 g/mol. The van der Waals surface area contributed by atoms with Crippen molar-refractivity contribution in [2.45, 2.75) is 38.2 Å². The highest BCUT2D eigenvalue weighted by Crippen LogP contribution is 2.40. The Morgan fingerprint density at radius 3 is 1.56 bits per heavy atom. The molecule has 4 rings (SSSR count). The van der Waals surface area contributed by atoms with Crippen LogP contribution < -0.4 is 0 Å². The third kappa shape index (κ3) is 7.61. The van der Waals surface area contributed by atoms with Gasteiger partial charge in [-0.05, 0) is 77.3 Å². The van der Waals surface area contributed by atoms with E-state index in [4.69, 9.17) is 0 Å². The number of rotatable bonds is 10. The van der Waals surface area contributed by atoms with Crippen molar-refractivity contribution in [2.24, 2.45) is 0 Å². The minimum Gasteiger partial charge on any atom is -0.222 e. The lowest BCUT2D eigenvalue weighted by molar-refractivity contribution is -0.432. The maximum Gasteiger partial charge on any atom is 0.527 e. The molecule has 0 bridgehead atoms. The van der Waals surface area contributed by atoms with Gasteiger partial charge in [-0.25, -0.2) is 17.9 Å². The van der Waals surface area contributed by atoms with Crippen LogP contribution in [0, 0.1) is 17.5 Å². The van der Waals surface area contributed by atoms with E-state index in [9.17, 15) is 35.1 Å². The van der Waals surface area contributed by atoms with E-state index >= 15 is 0 Å². The molecule has 214 valence electrons. The molecular formula is C32H24F8O. The fourth-order valence-electron chi connectivity index (χ4n) is 4.44. The Balaban J connectivity index is 1.43. The van der Waals surface area contributed by atoms with Gasteiger partial charge in [-0.1, -0.05) is 66.7 Å². The number of allylic oxidation sites excluding steroid dienone is 1. The summed E-state index contributed by atoms with van der Waals surface area (Å²) in [6, 6.07) is 20.8. The van der Waals surface area contributed by atoms with Crippen LogP contribution in [0.3, 0.4) is 0 Å². The summed E-state index contributed by atoms with van der Waals surface area (Å²) < 4.78 is 110. The van der Waals surface area contributed by atoms with Crippen molar-refractivity contribution in [2.75, 3.05) is 0 Å². The first kappa shape index (κ1) is 30.0. The number of ether oxygens (including phenoxy) is 1. The minimum absolute atomic E-state index is 0.307. The van der Waals surface area contributed by atoms with E-state index in [0.29, 0.717) is 30.5 Å². The van der Waals surface area contributed by atoms with Gasteiger partial charge >= 0.3 is 12.5 Å². The molecule has 1 nitrogen and oxygen atoms in total. The van der Waals surface area contributed by atoms with Crippen LogP contribution in [0.25, 0.3) is 22.3 Å². The van der Waals surface area contributed by atoms with E-state index in [2.05, 4.69) is 35.6 Å². The van der Waals surface area contributed by atoms with Crippen molar-refractivity contribution in [3.63, 3.8) is 0 Å². The van der Waals surface area contributed by atoms with Crippen LogP contribution in [0.15, 0.2) is 91.5 Å². The number of benzene rings is 4. The normalized spacial score (nSPS) is 12.0. The number of alkyl halides is 5. The zero-order valence-electron chi connectivity index (χ0n) is 21.6. The van der Waals surface area contributed by atoms with E-state index in [1.165, 1.54) is 17.7 Å². The predicted molar refractivity (Wildman–Crippen MR) is 141 cm³/mol. The Kier molecular flexibility index (Phi) is 8.97. The molecule has 0 N–H and O–H groups in total. The molecule has 0 saturated carbocycles. The SMILES string of the molecule is C=CCCc1ccc(-c2ccc(CCc3ccc(-c4cc(F)c(C(F)(F)OC(F)(F)F)c(F)c4)c(F)c3)cc2)cc1. The Morgan fingerprint density at radius 2 is 1.07 bits per heavy atom. The Bertz CT molecular complexity index is 1480. The summed E-state index contributed by atoms with van der Waals surface area (Å²) in [5.74, 6) is -4.89. The van der Waals surface area contributed by atoms with Crippen LogP contribution in [0.4, 0.5) is 35.1 Å². The molecule has 4 aromatic rings. The van der Waals surface area contributed by atoms with Crippen LogP contribution in [0.5, 0.6) is 0 Å². The van der Waals surface area contributed by atoms with Gasteiger partial charge in [0.1, 0.15) is 23.0 Å². The van der Waals surface area contributed by atoms with Gasteiger partial charge in [0.2, 0.25) is 0 Å². The maximum absolute atomic E-state index is 14.8. The van der Waals surface area contributed by atoms with Crippen LogP contribution in [0.1, 0.15) is 28.7 Å². The molecule has 9 heteroatoms. The predicted octanol–water partition coefficient (Wildman–Crippen LogP) is 9.93. The van der Waals surface area contributed by atoms with Gasteiger partial charge in [-0.3, -0.25) is 0 Å². The molecule has 0 aliphatic heterocycles. The quantitative estimate of drug-likeness (QED) is 0.135. The van der Waals surface area contributed by atoms with Crippen LogP contribution >= 0.6 is 0 Å². The molecule has 0 fully saturated rings. The fraction of sp³-hybridized carbons (Fsp3) is 0.188. The van der Waals surface area contributed by atoms with E-state index in [0.717, 1.165) is 35.6 Å². The van der Waals surface area contributed by atoms with Crippen molar-refractivity contribution in [3.8, 4) is 22.3 Å². The summed E-state index contributed by atoms with van der Waals surface area (Å²) >= 11 is 0. The second-order valence-corrected chi connectivity index (χ2v) is 9.41. The Morgan fingerprint density at radius 1 is 0.585 bits per heavy atom. The highest BCUT2D eigenvalue weighted by molar-refractivity contribution is 5.66. The van der Waals surface area contributed by atoms with Gasteiger partial charge in [0.15, 0.2) is 0 Å². The molecule has 0 spiro atoms. The van der Waals surface area contributed by atoms with E-state index in [-0.39, 0.29) is 5.56 Å². The maximum atomic E-state index is 14.8. The van der Waals surface area contributed by atoms with Gasteiger partial charge in [0.05, 0.1) is 0 Å². The molecule has 0 heterocycles. The molecule has 0 atom stereocenters. The number of halogens is 8. The number of aryl methyl sites for hydroxylation is 3. The largest absolute Gasteiger partial charge is 0.527 e. The van der Waals surface area contributed by atoms with Crippen molar-refractivity contribution in [1.29, 1.82) is 0 Å². The second kappa shape index (κ2) is 12.3. The number of hydrogen-bond acceptors (Lipinski definition) is 1. The molecule has 0 aliphatic rings. The third-order valence-electron chi connectivity index (χ3n) is 6.50. The van der Waals surface area contributed by atoms with Gasteiger partial charge in [-0.15, -0.1) is 19.8 Å². The third-order valence-corrected chi connectivity index (χ3v) is 6.50. The van der Waals surface area contributed by atoms with Crippen molar-refractivity contribution >= 4 is 0 Å². The van der Waals surface area contributed by atoms with Gasteiger partial charge in [0.25, 0.3) is 0 Å². The van der Waals surface area contributed by atoms with Gasteiger partial charge < -0.3 is 0 Å². The average molecular weight is 577 g/mol. The standard InChI is InChI=1S/C32H24F8O/c1-2-3-4-20-7-12-23(13-8-20)24-14-9-21(10-15-24)5-6-22-11-16-26(27(33)17-22)25-18-28(34)30(29(35)19-25)31(36,37)41-32(38,39)40/h2,7-19H,1,3-6H2. The Labute approximate surface area is 231 Å². The average Bonchev–Trinajstić information content (AvgIpc) is 2.89. The molecule has 41 heavy (non-hydrogen) atoms. The second-order valence-electron chi connectivity index (χ2n) is 9.41. The van der Waals surface area contributed by atoms with Crippen LogP contribution in [-0.4, -0.2) is 6.36 Å². The molecular weight excluding hydrogens is 552 g/mol. The van der Waals surface area contributed by atoms with E-state index in [1.54, 1.807) is 0 Å². The molecule has 4 aromatic carbocycles. The summed E-state index contributed by atoms with van der Waals surface area (Å²) in [5, 5.41) is 0. The zero-order valence-corrected chi connectivity index (χ0v) is 21.6. The first-order valence-electron chi connectivity index (χ1n) is 12.6. The zero-order chi connectivity index (χ0) is 29.8. The van der Waals surface area contributed by atoms with Crippen LogP contribution in [-0.2, 0) is 30.1 Å². The van der Waals surface area contributed by atoms with Crippen LogP contribution in [0.2, 0.25) is 0 Å². The number of hydrogen-bond donors (Lipinski definition) is 0. The first-order valence-corrected chi connectivity index (χ1v) is 12.6. The molecule has 0 saturated heterocycles. The van der Waals surface area contributed by atoms with Crippen molar-refractivity contribution in [1.82, 2.24) is 0 Å². The summed E-state index contributed by atoms with van der Waals surface area (Å²) in [6.45, 7) is 3.73. The van der Waals surface area contributed by atoms with Crippen molar-refractivity contribution < 1.29 is 39.9 Å². The molecule has 0 amide bonds. The summed E-state index contributed by atoms with van der Waals surface area (Å²) in [4.78, 5) is 0. The topological polar surface area (TPSA) is 9.23 Å². The lowest BCUT2D eigenvalue weighted by atomic mass is 9.97. The Hall–Kier alpha value is -3.98. The highest BCUT2D eigenvalue weighted by Gasteiger charge is 2.49. The highest BCUT2D eigenvalue weighted by atomic mass is 19.4. The molecule has 0 radical (unpaired) electrons. The smallest absolute Gasteiger partial charge is 0.222 e. The van der Waals surface area contributed by atoms with Crippen molar-refractivity contribution in [3.05, 3.63) is 131 Å². The molecule has 0 aliphatic carbocycles. The lowest BCUT2D eigenvalue weighted by Crippen LogP contribution is -2.29. The van der Waals surface area contributed by atoms with E-state index < -0.39 is 41.0 Å².